The maximum atomic E-state index is 11.6. The van der Waals surface area contributed by atoms with Crippen molar-refractivity contribution in [3.63, 3.8) is 0 Å². The molecule has 1 aliphatic rings. The fraction of sp³-hybridized carbons (Fsp3) is 0.364. The first-order valence-corrected chi connectivity index (χ1v) is 6.83. The Morgan fingerprint density at radius 3 is 2.90 bits per heavy atom. The van der Waals surface area contributed by atoms with E-state index in [9.17, 15) is 4.79 Å². The van der Waals surface area contributed by atoms with Crippen LogP contribution in [0.5, 0.6) is 0 Å². The Kier molecular flexibility index (Phi) is 3.35. The molecule has 0 aromatic carbocycles. The largest absolute Gasteiger partial charge is 0.348 e. The Morgan fingerprint density at radius 2 is 2.15 bits per heavy atom. The number of halogens is 1. The van der Waals surface area contributed by atoms with Gasteiger partial charge in [-0.3, -0.25) is 4.79 Å². The molecular formula is C11H12BrN7O. The summed E-state index contributed by atoms with van der Waals surface area (Å²) in [7, 11) is 1.87. The van der Waals surface area contributed by atoms with Crippen LogP contribution in [-0.2, 0) is 13.1 Å². The van der Waals surface area contributed by atoms with Crippen LogP contribution in [0.15, 0.2) is 16.9 Å². The van der Waals surface area contributed by atoms with Crippen LogP contribution in [0.2, 0.25) is 0 Å². The fourth-order valence-corrected chi connectivity index (χ4v) is 2.21. The van der Waals surface area contributed by atoms with Gasteiger partial charge in [0.05, 0.1) is 11.0 Å². The molecule has 0 spiro atoms. The third-order valence-electron chi connectivity index (χ3n) is 2.98. The topological polar surface area (TPSA) is 88.8 Å². The summed E-state index contributed by atoms with van der Waals surface area (Å²) in [5, 5.41) is 10.7. The monoisotopic (exact) mass is 337 g/mol. The molecule has 0 radical (unpaired) electrons. The number of carbonyl (C=O) groups is 1. The SMILES string of the molecule is CN(Cc1nnc2n1CCNC2=O)c1ncc(Br)cn1. The average molecular weight is 338 g/mol. The van der Waals surface area contributed by atoms with Crippen LogP contribution in [0.25, 0.3) is 0 Å². The molecular weight excluding hydrogens is 326 g/mol. The van der Waals surface area contributed by atoms with Gasteiger partial charge in [-0.25, -0.2) is 9.97 Å². The number of carbonyl (C=O) groups excluding carboxylic acids is 1. The van der Waals surface area contributed by atoms with E-state index in [0.717, 1.165) is 10.3 Å². The van der Waals surface area contributed by atoms with Gasteiger partial charge in [-0.1, -0.05) is 0 Å². The summed E-state index contributed by atoms with van der Waals surface area (Å²) in [6.07, 6.45) is 3.37. The minimum Gasteiger partial charge on any atom is -0.348 e. The van der Waals surface area contributed by atoms with Crippen LogP contribution >= 0.6 is 15.9 Å². The van der Waals surface area contributed by atoms with E-state index >= 15 is 0 Å². The van der Waals surface area contributed by atoms with Crippen LogP contribution in [0.3, 0.4) is 0 Å². The Hall–Kier alpha value is -2.03. The molecule has 1 amide bonds. The lowest BCUT2D eigenvalue weighted by Gasteiger charge is -2.19. The van der Waals surface area contributed by atoms with Crippen LogP contribution in [0.4, 0.5) is 5.95 Å². The number of aromatic nitrogens is 5. The highest BCUT2D eigenvalue weighted by Gasteiger charge is 2.23. The lowest BCUT2D eigenvalue weighted by Crippen LogP contribution is -2.36. The molecule has 2 aromatic rings. The van der Waals surface area contributed by atoms with Crippen molar-refractivity contribution >= 4 is 27.8 Å². The molecule has 2 aromatic heterocycles. The first kappa shape index (κ1) is 13.0. The minimum absolute atomic E-state index is 0.183. The van der Waals surface area contributed by atoms with E-state index in [0.29, 0.717) is 31.4 Å². The van der Waals surface area contributed by atoms with Crippen molar-refractivity contribution in [2.75, 3.05) is 18.5 Å². The lowest BCUT2D eigenvalue weighted by molar-refractivity contribution is 0.0921. The van der Waals surface area contributed by atoms with Gasteiger partial charge in [0.2, 0.25) is 11.8 Å². The third kappa shape index (κ3) is 2.36. The molecule has 9 heteroatoms. The summed E-state index contributed by atoms with van der Waals surface area (Å²) in [6.45, 7) is 1.76. The maximum Gasteiger partial charge on any atom is 0.289 e. The number of hydrogen-bond donors (Lipinski definition) is 1. The molecule has 3 heterocycles. The van der Waals surface area contributed by atoms with E-state index in [1.807, 2.05) is 16.5 Å². The van der Waals surface area contributed by atoms with Crippen LogP contribution in [0, 0.1) is 0 Å². The number of amides is 1. The molecule has 20 heavy (non-hydrogen) atoms. The Morgan fingerprint density at radius 1 is 1.40 bits per heavy atom. The van der Waals surface area contributed by atoms with Crippen molar-refractivity contribution < 1.29 is 4.79 Å². The van der Waals surface area contributed by atoms with Crippen LogP contribution < -0.4 is 10.2 Å². The van der Waals surface area contributed by atoms with Crippen LogP contribution in [-0.4, -0.2) is 44.2 Å². The van der Waals surface area contributed by atoms with Gasteiger partial charge in [0.25, 0.3) is 5.91 Å². The molecule has 8 nitrogen and oxygen atoms in total. The Bertz CT molecular complexity index is 639. The van der Waals surface area contributed by atoms with E-state index in [1.165, 1.54) is 0 Å². The molecule has 3 rings (SSSR count). The molecule has 0 bridgehead atoms. The second kappa shape index (κ2) is 5.16. The second-order valence-electron chi connectivity index (χ2n) is 4.40. The predicted molar refractivity (Wildman–Crippen MR) is 74.2 cm³/mol. The summed E-state index contributed by atoms with van der Waals surface area (Å²) in [4.78, 5) is 21.9. The summed E-state index contributed by atoms with van der Waals surface area (Å²) >= 11 is 3.30. The molecule has 0 saturated heterocycles. The summed E-state index contributed by atoms with van der Waals surface area (Å²) in [5.74, 6) is 1.49. The van der Waals surface area contributed by atoms with Crippen molar-refractivity contribution in [1.29, 1.82) is 0 Å². The van der Waals surface area contributed by atoms with Gasteiger partial charge in [-0.2, -0.15) is 0 Å². The van der Waals surface area contributed by atoms with E-state index < -0.39 is 0 Å². The molecule has 1 N–H and O–H groups in total. The number of nitrogens with zero attached hydrogens (tertiary/aromatic N) is 6. The van der Waals surface area contributed by atoms with Gasteiger partial charge < -0.3 is 14.8 Å². The first-order chi connectivity index (χ1) is 9.65. The van der Waals surface area contributed by atoms with E-state index in [2.05, 4.69) is 41.4 Å². The number of nitrogens with one attached hydrogen (secondary N) is 1. The third-order valence-corrected chi connectivity index (χ3v) is 3.39. The molecule has 0 saturated carbocycles. The molecule has 104 valence electrons. The molecule has 1 aliphatic heterocycles. The van der Waals surface area contributed by atoms with Gasteiger partial charge in [0.15, 0.2) is 5.82 Å². The van der Waals surface area contributed by atoms with Crippen molar-refractivity contribution in [2.45, 2.75) is 13.1 Å². The summed E-state index contributed by atoms with van der Waals surface area (Å²) in [5.41, 5.74) is 0. The highest BCUT2D eigenvalue weighted by molar-refractivity contribution is 9.10. The number of anilines is 1. The van der Waals surface area contributed by atoms with Crippen LogP contribution in [0.1, 0.15) is 16.4 Å². The van der Waals surface area contributed by atoms with E-state index in [4.69, 9.17) is 0 Å². The normalized spacial score (nSPS) is 13.8. The number of fused-ring (bicyclic) bond motifs is 1. The molecule has 0 atom stereocenters. The molecule has 0 fully saturated rings. The van der Waals surface area contributed by atoms with Gasteiger partial charge >= 0.3 is 0 Å². The predicted octanol–water partition coefficient (Wildman–Crippen LogP) is 0.210. The lowest BCUT2D eigenvalue weighted by atomic mass is 10.4. The van der Waals surface area contributed by atoms with Gasteiger partial charge in [0.1, 0.15) is 0 Å². The zero-order valence-corrected chi connectivity index (χ0v) is 12.3. The van der Waals surface area contributed by atoms with Crippen molar-refractivity contribution in [1.82, 2.24) is 30.0 Å². The van der Waals surface area contributed by atoms with E-state index in [1.54, 1.807) is 12.4 Å². The minimum atomic E-state index is -0.183. The number of rotatable bonds is 3. The Balaban J connectivity index is 1.81. The second-order valence-corrected chi connectivity index (χ2v) is 5.32. The summed E-state index contributed by atoms with van der Waals surface area (Å²) in [6, 6.07) is 0. The zero-order chi connectivity index (χ0) is 14.1. The number of hydrogen-bond acceptors (Lipinski definition) is 6. The van der Waals surface area contributed by atoms with Gasteiger partial charge in [0, 0.05) is 32.5 Å². The first-order valence-electron chi connectivity index (χ1n) is 6.04. The highest BCUT2D eigenvalue weighted by Crippen LogP contribution is 2.13. The maximum absolute atomic E-state index is 11.6. The van der Waals surface area contributed by atoms with Crippen molar-refractivity contribution in [3.05, 3.63) is 28.5 Å². The van der Waals surface area contributed by atoms with Gasteiger partial charge in [-0.05, 0) is 15.9 Å². The standard InChI is InChI=1S/C11H12BrN7O/c1-18(11-14-4-7(12)5-15-11)6-8-16-17-9-10(20)13-2-3-19(8)9/h4-5H,2-3,6H2,1H3,(H,13,20). The Labute approximate surface area is 123 Å². The highest BCUT2D eigenvalue weighted by atomic mass is 79.9. The zero-order valence-electron chi connectivity index (χ0n) is 10.7. The van der Waals surface area contributed by atoms with E-state index in [-0.39, 0.29) is 5.91 Å². The quantitative estimate of drug-likeness (QED) is 0.861. The average Bonchev–Trinajstić information content (AvgIpc) is 2.84. The summed E-state index contributed by atoms with van der Waals surface area (Å²) < 4.78 is 2.65. The van der Waals surface area contributed by atoms with Gasteiger partial charge in [-0.15, -0.1) is 10.2 Å². The molecule has 0 aliphatic carbocycles. The van der Waals surface area contributed by atoms with Crippen molar-refractivity contribution in [3.8, 4) is 0 Å². The molecule has 0 unspecified atom stereocenters. The van der Waals surface area contributed by atoms with Crippen molar-refractivity contribution in [2.24, 2.45) is 0 Å². The fourth-order valence-electron chi connectivity index (χ4n) is 2.00. The smallest absolute Gasteiger partial charge is 0.289 e.